The molecule has 2 heterocycles. The number of carbonyl (C=O) groups is 3. The number of hydrogen-bond donors (Lipinski definition) is 2. The molecule has 240 valence electrons. The Labute approximate surface area is 256 Å². The summed E-state index contributed by atoms with van der Waals surface area (Å²) in [5.74, 6) is 0.991. The van der Waals surface area contributed by atoms with Gasteiger partial charge in [0.2, 0.25) is 0 Å². The molecule has 0 unspecified atom stereocenters. The summed E-state index contributed by atoms with van der Waals surface area (Å²) in [6.45, 7) is 13.3. The van der Waals surface area contributed by atoms with Gasteiger partial charge in [-0.1, -0.05) is 0 Å². The molecule has 0 aliphatic rings. The van der Waals surface area contributed by atoms with Gasteiger partial charge in [0.25, 0.3) is 0 Å². The highest BCUT2D eigenvalue weighted by Crippen LogP contribution is 2.33. The molecular weight excluding hydrogens is 572 g/mol. The van der Waals surface area contributed by atoms with Crippen molar-refractivity contribution in [1.82, 2.24) is 19.9 Å². The topological polar surface area (TPSA) is 155 Å². The molecule has 3 rings (SSSR count). The zero-order valence-electron chi connectivity index (χ0n) is 26.8. The minimum Gasteiger partial charge on any atom is -0.495 e. The Bertz CT molecular complexity index is 1470. The average molecular weight is 615 g/mol. The summed E-state index contributed by atoms with van der Waals surface area (Å²) in [6.07, 6.45) is 0.769. The maximum atomic E-state index is 13.0. The lowest BCUT2D eigenvalue weighted by Crippen LogP contribution is -2.35. The molecule has 0 aliphatic carbocycles. The van der Waals surface area contributed by atoms with Crippen molar-refractivity contribution in [3.05, 3.63) is 36.0 Å². The monoisotopic (exact) mass is 614 g/mol. The molecule has 0 saturated carbocycles. The van der Waals surface area contributed by atoms with Gasteiger partial charge in [-0.3, -0.25) is 4.90 Å². The lowest BCUT2D eigenvalue weighted by molar-refractivity contribution is 0.0516. The SMILES string of the molecule is CCOC(=O)c1cnn2c(N(C)C(=O)OC(C)(C)C)cc(Nc3cc(OCCCNC(=O)OC(C)(C)C)ccc3OC)nc12. The number of rotatable bonds is 11. The van der Waals surface area contributed by atoms with Gasteiger partial charge in [0.15, 0.2) is 5.65 Å². The highest BCUT2D eigenvalue weighted by Gasteiger charge is 2.26. The van der Waals surface area contributed by atoms with Crippen LogP contribution in [0.4, 0.5) is 26.9 Å². The summed E-state index contributed by atoms with van der Waals surface area (Å²) in [5.41, 5.74) is -0.507. The van der Waals surface area contributed by atoms with E-state index in [-0.39, 0.29) is 29.5 Å². The molecule has 3 aromatic rings. The van der Waals surface area contributed by atoms with E-state index in [1.807, 2.05) is 0 Å². The zero-order valence-corrected chi connectivity index (χ0v) is 26.8. The number of alkyl carbamates (subject to hydrolysis) is 1. The third-order valence-electron chi connectivity index (χ3n) is 5.65. The van der Waals surface area contributed by atoms with Gasteiger partial charge in [-0.15, -0.1) is 0 Å². The zero-order chi connectivity index (χ0) is 32.7. The molecule has 14 heteroatoms. The van der Waals surface area contributed by atoms with E-state index in [4.69, 9.17) is 23.7 Å². The van der Waals surface area contributed by atoms with Crippen LogP contribution in [0.3, 0.4) is 0 Å². The summed E-state index contributed by atoms with van der Waals surface area (Å²) in [6, 6.07) is 6.80. The Morgan fingerprint density at radius 1 is 1.02 bits per heavy atom. The number of nitrogens with one attached hydrogen (secondary N) is 2. The first-order chi connectivity index (χ1) is 20.6. The number of carbonyl (C=O) groups excluding carboxylic acids is 3. The maximum absolute atomic E-state index is 13.0. The molecule has 1 aromatic carbocycles. The number of benzene rings is 1. The summed E-state index contributed by atoms with van der Waals surface area (Å²) in [5, 5.41) is 10.2. The minimum absolute atomic E-state index is 0.123. The molecule has 0 radical (unpaired) electrons. The fraction of sp³-hybridized carbons (Fsp3) is 0.500. The van der Waals surface area contributed by atoms with E-state index in [0.29, 0.717) is 36.8 Å². The van der Waals surface area contributed by atoms with Gasteiger partial charge in [0.1, 0.15) is 39.9 Å². The van der Waals surface area contributed by atoms with E-state index >= 15 is 0 Å². The average Bonchev–Trinajstić information content (AvgIpc) is 3.34. The number of esters is 1. The Hall–Kier alpha value is -4.75. The molecule has 44 heavy (non-hydrogen) atoms. The number of ether oxygens (including phenoxy) is 5. The Morgan fingerprint density at radius 2 is 1.73 bits per heavy atom. The maximum Gasteiger partial charge on any atom is 0.415 e. The molecule has 0 aliphatic heterocycles. The molecule has 0 spiro atoms. The van der Waals surface area contributed by atoms with Crippen molar-refractivity contribution in [2.24, 2.45) is 0 Å². The molecular formula is C30H42N6O8. The van der Waals surface area contributed by atoms with Crippen LogP contribution >= 0.6 is 0 Å². The van der Waals surface area contributed by atoms with Gasteiger partial charge in [-0.05, 0) is 67.0 Å². The first kappa shape index (κ1) is 33.7. The lowest BCUT2D eigenvalue weighted by Gasteiger charge is -2.25. The molecule has 2 amide bonds. The molecule has 2 N–H and O–H groups in total. The van der Waals surface area contributed by atoms with Crippen LogP contribution in [0.25, 0.3) is 5.65 Å². The van der Waals surface area contributed by atoms with Crippen LogP contribution in [0.5, 0.6) is 11.5 Å². The van der Waals surface area contributed by atoms with E-state index < -0.39 is 29.4 Å². The van der Waals surface area contributed by atoms with Crippen LogP contribution in [-0.2, 0) is 14.2 Å². The van der Waals surface area contributed by atoms with Crippen LogP contribution < -0.4 is 25.0 Å². The summed E-state index contributed by atoms with van der Waals surface area (Å²) >= 11 is 0. The van der Waals surface area contributed by atoms with Crippen molar-refractivity contribution < 1.29 is 38.1 Å². The predicted molar refractivity (Wildman–Crippen MR) is 164 cm³/mol. The number of amides is 2. The van der Waals surface area contributed by atoms with E-state index in [1.165, 1.54) is 29.8 Å². The van der Waals surface area contributed by atoms with E-state index in [2.05, 4.69) is 20.7 Å². The second-order valence-corrected chi connectivity index (χ2v) is 11.7. The third-order valence-corrected chi connectivity index (χ3v) is 5.65. The smallest absolute Gasteiger partial charge is 0.415 e. The molecule has 14 nitrogen and oxygen atoms in total. The van der Waals surface area contributed by atoms with Gasteiger partial charge in [-0.25, -0.2) is 19.4 Å². The molecule has 0 atom stereocenters. The Balaban J connectivity index is 1.87. The van der Waals surface area contributed by atoms with Crippen LogP contribution in [0, 0.1) is 0 Å². The van der Waals surface area contributed by atoms with Crippen LogP contribution in [0.15, 0.2) is 30.5 Å². The predicted octanol–water partition coefficient (Wildman–Crippen LogP) is 5.32. The standard InChI is InChI=1S/C30H42N6O8/c1-10-41-26(37)20-18-32-36-24(35(8)28(39)44-30(5,6)7)17-23(34-25(20)36)33-21-16-19(12-13-22(21)40-9)42-15-11-14-31-27(38)43-29(2,3)4/h12-13,16-18H,10-11,14-15H2,1-9H3,(H,31,38)(H,33,34). The van der Waals surface area contributed by atoms with Crippen LogP contribution in [-0.4, -0.2) is 77.9 Å². The van der Waals surface area contributed by atoms with Crippen molar-refractivity contribution in [2.45, 2.75) is 66.1 Å². The Kier molecular flexibility index (Phi) is 10.9. The number of methoxy groups -OCH3 is 1. The van der Waals surface area contributed by atoms with Crippen molar-refractivity contribution in [3.63, 3.8) is 0 Å². The van der Waals surface area contributed by atoms with E-state index in [1.54, 1.807) is 72.7 Å². The minimum atomic E-state index is -0.738. The first-order valence-electron chi connectivity index (χ1n) is 14.2. The third kappa shape index (κ3) is 9.38. The first-order valence-corrected chi connectivity index (χ1v) is 14.2. The summed E-state index contributed by atoms with van der Waals surface area (Å²) in [4.78, 5) is 43.4. The van der Waals surface area contributed by atoms with E-state index in [9.17, 15) is 14.4 Å². The normalized spacial score (nSPS) is 11.5. The summed E-state index contributed by atoms with van der Waals surface area (Å²) < 4.78 is 28.7. The second kappa shape index (κ2) is 14.1. The van der Waals surface area contributed by atoms with Crippen LogP contribution in [0.1, 0.15) is 65.2 Å². The number of anilines is 3. The number of nitrogens with zero attached hydrogens (tertiary/aromatic N) is 4. The van der Waals surface area contributed by atoms with Gasteiger partial charge in [0.05, 0.1) is 32.2 Å². The number of aromatic nitrogens is 3. The largest absolute Gasteiger partial charge is 0.495 e. The van der Waals surface area contributed by atoms with Crippen molar-refractivity contribution >= 4 is 41.1 Å². The molecule has 0 saturated heterocycles. The second-order valence-electron chi connectivity index (χ2n) is 11.7. The quantitative estimate of drug-likeness (QED) is 0.164. The van der Waals surface area contributed by atoms with Crippen LogP contribution in [0.2, 0.25) is 0 Å². The van der Waals surface area contributed by atoms with Gasteiger partial charge in [0, 0.05) is 25.7 Å². The molecule has 2 aromatic heterocycles. The highest BCUT2D eigenvalue weighted by atomic mass is 16.6. The van der Waals surface area contributed by atoms with Gasteiger partial charge < -0.3 is 34.3 Å². The van der Waals surface area contributed by atoms with Crippen molar-refractivity contribution in [2.75, 3.05) is 44.1 Å². The van der Waals surface area contributed by atoms with E-state index in [0.717, 1.165) is 0 Å². The molecule has 0 bridgehead atoms. The van der Waals surface area contributed by atoms with Crippen molar-refractivity contribution in [1.29, 1.82) is 0 Å². The fourth-order valence-electron chi connectivity index (χ4n) is 3.81. The van der Waals surface area contributed by atoms with Gasteiger partial charge in [-0.2, -0.15) is 9.61 Å². The molecule has 0 fully saturated rings. The highest BCUT2D eigenvalue weighted by molar-refractivity contribution is 5.97. The lowest BCUT2D eigenvalue weighted by atomic mass is 10.2. The fourth-order valence-corrected chi connectivity index (χ4v) is 3.81. The number of fused-ring (bicyclic) bond motifs is 1. The summed E-state index contributed by atoms with van der Waals surface area (Å²) in [7, 11) is 3.06. The van der Waals surface area contributed by atoms with Gasteiger partial charge >= 0.3 is 18.2 Å². The Morgan fingerprint density at radius 3 is 2.36 bits per heavy atom. The van der Waals surface area contributed by atoms with Crippen molar-refractivity contribution in [3.8, 4) is 11.5 Å². The number of hydrogen-bond acceptors (Lipinski definition) is 11.